The van der Waals surface area contributed by atoms with Gasteiger partial charge in [0.05, 0.1) is 27.2 Å². The van der Waals surface area contributed by atoms with Crippen LogP contribution in [0.2, 0.25) is 22.2 Å². The number of imidazole rings is 1. The maximum absolute atomic E-state index is 12.2. The number of rotatable bonds is 12. The van der Waals surface area contributed by atoms with E-state index in [0.717, 1.165) is 28.2 Å². The molecule has 2 fully saturated rings. The second-order valence-corrected chi connectivity index (χ2v) is 25.2. The Hall–Kier alpha value is -4.16. The van der Waals surface area contributed by atoms with Crippen molar-refractivity contribution >= 4 is 34.1 Å². The lowest BCUT2D eigenvalue weighted by atomic mass is 9.77. The van der Waals surface area contributed by atoms with Crippen LogP contribution >= 0.6 is 0 Å². The Balaban J connectivity index is 1.32. The molecule has 0 spiro atoms. The molecule has 4 heterocycles. The van der Waals surface area contributed by atoms with Gasteiger partial charge in [0.1, 0.15) is 41.7 Å². The molecule has 4 atom stereocenters. The quantitative estimate of drug-likeness (QED) is 0.0715. The third-order valence-electron chi connectivity index (χ3n) is 11.8. The number of aliphatic hydroxyl groups excluding tert-OH is 1. The highest BCUT2D eigenvalue weighted by molar-refractivity contribution is 6.84. The molecule has 5 aromatic rings. The van der Waals surface area contributed by atoms with Gasteiger partial charge in [-0.1, -0.05) is 110 Å². The Bertz CT molecular complexity index is 2050. The minimum Gasteiger partial charge on any atom is -0.497 e. The molecular weight excluding hydrogens is 757 g/mol. The summed E-state index contributed by atoms with van der Waals surface area (Å²) >= 11 is 0. The number of ether oxygens (including phenoxy) is 3. The van der Waals surface area contributed by atoms with Crippen LogP contribution in [0.3, 0.4) is 0 Å². The Kier molecular flexibility index (Phi) is 11.7. The standard InChI is InChI=1S/C43H57N5O7Si2/c1-27(2)56(28(3)4)52-24-36-39(54-57(55-56,29(5)6)30(7)8)38(49)42(53-36)48-26-46-37-40(44-25-45-41(37)48)47-43(31-14-12-11-13-15-31,32-16-20-34(50-9)21-17-32)33-18-22-35(51-10)23-19-33/h11-23,25-30,36,38-39,42,49H,24H2,1-10H3,(H,44,45,47)/t36-,38-,39-,42-/m1/s1/i54+2. The monoisotopic (exact) mass is 813 g/mol. The van der Waals surface area contributed by atoms with E-state index >= 15 is 0 Å². The molecule has 14 heteroatoms. The van der Waals surface area contributed by atoms with Gasteiger partial charge in [0.2, 0.25) is 0 Å². The van der Waals surface area contributed by atoms with E-state index in [1.807, 2.05) is 42.5 Å². The average Bonchev–Trinajstić information content (AvgIpc) is 3.77. The van der Waals surface area contributed by atoms with E-state index in [1.54, 1.807) is 25.1 Å². The zero-order chi connectivity index (χ0) is 40.7. The molecule has 2 aromatic heterocycles. The zero-order valence-corrected chi connectivity index (χ0v) is 36.7. The average molecular weight is 814 g/mol. The number of anilines is 1. The molecule has 304 valence electrons. The van der Waals surface area contributed by atoms with E-state index in [9.17, 15) is 5.11 Å². The first kappa shape index (κ1) is 41.0. The topological polar surface area (TPSA) is 131 Å². The van der Waals surface area contributed by atoms with E-state index in [-0.39, 0.29) is 28.8 Å². The maximum atomic E-state index is 12.2. The molecule has 2 saturated heterocycles. The van der Waals surface area contributed by atoms with Gasteiger partial charge < -0.3 is 37.6 Å². The SMILES string of the molecule is COc1ccc(C(Nc2ncnc3c2ncn3[C@@H]2O[C@@H]3CO[Si](C(C)C)(C(C)C)O[Si](C(C)C)(C(C)C)[18O][C@H]3[C@H]2O)(c2ccccc2)c2ccc(OC)cc2)cc1. The summed E-state index contributed by atoms with van der Waals surface area (Å²) < 4.78 is 41.2. The smallest absolute Gasteiger partial charge is 0.335 e. The molecule has 7 rings (SSSR count). The fourth-order valence-electron chi connectivity index (χ4n) is 8.76. The molecule has 2 aliphatic rings. The highest BCUT2D eigenvalue weighted by Gasteiger charge is 2.62. The zero-order valence-electron chi connectivity index (χ0n) is 34.7. The van der Waals surface area contributed by atoms with Gasteiger partial charge in [-0.25, -0.2) is 15.0 Å². The summed E-state index contributed by atoms with van der Waals surface area (Å²) in [5.74, 6) is 1.98. The number of fused-ring (bicyclic) bond motifs is 2. The summed E-state index contributed by atoms with van der Waals surface area (Å²) in [6, 6.07) is 26.2. The number of methoxy groups -OCH3 is 2. The first-order chi connectivity index (χ1) is 27.3. The lowest BCUT2D eigenvalue weighted by molar-refractivity contribution is -0.0570. The van der Waals surface area contributed by atoms with Gasteiger partial charge in [-0.05, 0) is 63.1 Å². The molecule has 0 radical (unpaired) electrons. The van der Waals surface area contributed by atoms with E-state index in [4.69, 9.17) is 42.1 Å². The van der Waals surface area contributed by atoms with Crippen LogP contribution in [0.1, 0.15) is 78.3 Å². The first-order valence-electron chi connectivity index (χ1n) is 20.0. The molecule has 2 N–H and O–H groups in total. The molecule has 0 saturated carbocycles. The van der Waals surface area contributed by atoms with E-state index in [1.165, 1.54) is 6.33 Å². The molecule has 12 nitrogen and oxygen atoms in total. The van der Waals surface area contributed by atoms with Crippen molar-refractivity contribution in [1.82, 2.24) is 19.5 Å². The molecule has 0 amide bonds. The third-order valence-corrected chi connectivity index (χ3v) is 22.1. The summed E-state index contributed by atoms with van der Waals surface area (Å²) in [6.07, 6.45) is 0.0675. The van der Waals surface area contributed by atoms with Crippen LogP contribution in [-0.2, 0) is 23.2 Å². The van der Waals surface area contributed by atoms with Crippen molar-refractivity contribution in [2.75, 3.05) is 26.1 Å². The van der Waals surface area contributed by atoms with E-state index in [0.29, 0.717) is 17.0 Å². The van der Waals surface area contributed by atoms with Crippen LogP contribution in [0.25, 0.3) is 11.2 Å². The van der Waals surface area contributed by atoms with Crippen LogP contribution in [0.4, 0.5) is 5.82 Å². The van der Waals surface area contributed by atoms with Gasteiger partial charge in [0.15, 0.2) is 23.2 Å². The van der Waals surface area contributed by atoms with E-state index in [2.05, 4.69) is 97.1 Å². The fraction of sp³-hybridized carbons (Fsp3) is 0.465. The molecule has 0 bridgehead atoms. The summed E-state index contributed by atoms with van der Waals surface area (Å²) in [5, 5.41) is 16.1. The largest absolute Gasteiger partial charge is 0.497 e. The number of nitrogens with one attached hydrogen (secondary N) is 1. The predicted molar refractivity (Wildman–Crippen MR) is 225 cm³/mol. The minimum absolute atomic E-state index is 0.104. The number of aliphatic hydroxyl groups is 1. The Labute approximate surface area is 338 Å². The minimum atomic E-state index is -3.00. The lowest BCUT2D eigenvalue weighted by Gasteiger charge is -2.51. The maximum Gasteiger partial charge on any atom is 0.335 e. The van der Waals surface area contributed by atoms with Gasteiger partial charge in [-0.2, -0.15) is 0 Å². The molecular formula is C43H57N5O7Si2. The van der Waals surface area contributed by atoms with Crippen molar-refractivity contribution in [2.24, 2.45) is 0 Å². The number of hydrogen-bond acceptors (Lipinski definition) is 11. The van der Waals surface area contributed by atoms with Gasteiger partial charge >= 0.3 is 17.1 Å². The van der Waals surface area contributed by atoms with Crippen molar-refractivity contribution in [1.29, 1.82) is 0 Å². The summed E-state index contributed by atoms with van der Waals surface area (Å²) in [5.41, 5.74) is 3.50. The van der Waals surface area contributed by atoms with Gasteiger partial charge in [0.25, 0.3) is 0 Å². The number of benzene rings is 3. The summed E-state index contributed by atoms with van der Waals surface area (Å²) in [4.78, 5) is 14.4. The van der Waals surface area contributed by atoms with Crippen molar-refractivity contribution in [3.8, 4) is 11.5 Å². The van der Waals surface area contributed by atoms with Crippen molar-refractivity contribution in [3.63, 3.8) is 0 Å². The van der Waals surface area contributed by atoms with Gasteiger partial charge in [-0.3, -0.25) is 4.57 Å². The number of hydrogen-bond donors (Lipinski definition) is 2. The second kappa shape index (κ2) is 16.2. The van der Waals surface area contributed by atoms with Crippen LogP contribution in [0.5, 0.6) is 11.5 Å². The molecule has 3 aromatic carbocycles. The Morgan fingerprint density at radius 3 is 1.86 bits per heavy atom. The van der Waals surface area contributed by atoms with Crippen molar-refractivity contribution in [2.45, 2.75) is 108 Å². The second-order valence-electron chi connectivity index (χ2n) is 16.4. The van der Waals surface area contributed by atoms with Crippen molar-refractivity contribution in [3.05, 3.63) is 108 Å². The fourth-order valence-corrected chi connectivity index (χ4v) is 20.0. The van der Waals surface area contributed by atoms with Crippen LogP contribution in [0, 0.1) is 0 Å². The molecule has 0 aliphatic carbocycles. The predicted octanol–water partition coefficient (Wildman–Crippen LogP) is 8.46. The van der Waals surface area contributed by atoms with Gasteiger partial charge in [-0.15, -0.1) is 0 Å². The number of nitrogens with zero attached hydrogens (tertiary/aromatic N) is 4. The third kappa shape index (κ3) is 7.08. The highest BCUT2D eigenvalue weighted by atomic mass is 28.5. The first-order valence-corrected chi connectivity index (χ1v) is 23.9. The number of aromatic nitrogens is 4. The summed E-state index contributed by atoms with van der Waals surface area (Å²) in [7, 11) is -2.49. The van der Waals surface area contributed by atoms with Crippen LogP contribution in [0.15, 0.2) is 91.5 Å². The molecule has 2 aliphatic heterocycles. The molecule has 57 heavy (non-hydrogen) atoms. The normalized spacial score (nSPS) is 22.2. The molecule has 0 unspecified atom stereocenters. The van der Waals surface area contributed by atoms with Crippen molar-refractivity contribution < 1.29 is 32.3 Å². The van der Waals surface area contributed by atoms with E-state index < -0.39 is 47.2 Å². The van der Waals surface area contributed by atoms with Crippen LogP contribution < -0.4 is 14.8 Å². The Morgan fingerprint density at radius 1 is 0.772 bits per heavy atom. The lowest BCUT2D eigenvalue weighted by Crippen LogP contribution is -2.65. The highest BCUT2D eigenvalue weighted by Crippen LogP contribution is 2.49. The Morgan fingerprint density at radius 2 is 1.33 bits per heavy atom. The van der Waals surface area contributed by atoms with Gasteiger partial charge in [0, 0.05) is 0 Å². The van der Waals surface area contributed by atoms with Crippen LogP contribution in [-0.4, -0.2) is 80.9 Å². The summed E-state index contributed by atoms with van der Waals surface area (Å²) in [6.45, 7) is 17.7.